The minimum Gasteiger partial charge on any atom is -0.336 e. The van der Waals surface area contributed by atoms with Crippen LogP contribution in [0.3, 0.4) is 0 Å². The van der Waals surface area contributed by atoms with E-state index in [1.165, 1.54) is 25.8 Å². The summed E-state index contributed by atoms with van der Waals surface area (Å²) in [7, 11) is 0. The summed E-state index contributed by atoms with van der Waals surface area (Å²) in [5, 5.41) is 0. The molecule has 0 aromatic rings. The Bertz CT molecular complexity index is 453. The maximum absolute atomic E-state index is 12.9. The van der Waals surface area contributed by atoms with Crippen LogP contribution < -0.4 is 0 Å². The van der Waals surface area contributed by atoms with Crippen molar-refractivity contribution in [1.82, 2.24) is 14.7 Å². The molecule has 4 saturated heterocycles. The molecule has 3 atom stereocenters. The molecule has 4 rings (SSSR count). The summed E-state index contributed by atoms with van der Waals surface area (Å²) in [6.07, 6.45) is 7.26. The van der Waals surface area contributed by atoms with Crippen LogP contribution in [0.25, 0.3) is 0 Å². The molecule has 0 bridgehead atoms. The predicted octanol–water partition coefficient (Wildman–Crippen LogP) is 0.837. The minimum atomic E-state index is -0.155. The van der Waals surface area contributed by atoms with E-state index >= 15 is 0 Å². The molecular formula is C16H25N3O2. The highest BCUT2D eigenvalue weighted by molar-refractivity contribution is 5.90. The highest BCUT2D eigenvalue weighted by Crippen LogP contribution is 2.33. The van der Waals surface area contributed by atoms with E-state index in [2.05, 4.69) is 9.80 Å². The Labute approximate surface area is 126 Å². The number of amides is 2. The van der Waals surface area contributed by atoms with Crippen molar-refractivity contribution in [3.05, 3.63) is 0 Å². The first-order valence-electron chi connectivity index (χ1n) is 8.60. The number of rotatable bonds is 1. The van der Waals surface area contributed by atoms with Gasteiger partial charge in [-0.25, -0.2) is 0 Å². The van der Waals surface area contributed by atoms with Gasteiger partial charge in [0.05, 0.1) is 0 Å². The summed E-state index contributed by atoms with van der Waals surface area (Å²) in [4.78, 5) is 31.7. The summed E-state index contributed by atoms with van der Waals surface area (Å²) in [5.41, 5.74) is 0. The molecule has 0 saturated carbocycles. The smallest absolute Gasteiger partial charge is 0.245 e. The van der Waals surface area contributed by atoms with E-state index < -0.39 is 0 Å². The lowest BCUT2D eigenvalue weighted by atomic mass is 9.97. The van der Waals surface area contributed by atoms with Crippen molar-refractivity contribution in [2.45, 2.75) is 63.1 Å². The van der Waals surface area contributed by atoms with Crippen LogP contribution in [-0.2, 0) is 9.59 Å². The Balaban J connectivity index is 1.56. The Morgan fingerprint density at radius 2 is 1.67 bits per heavy atom. The molecule has 3 unspecified atom stereocenters. The molecule has 2 amide bonds. The predicted molar refractivity (Wildman–Crippen MR) is 78.7 cm³/mol. The number of hydrogen-bond donors (Lipinski definition) is 0. The fraction of sp³-hybridized carbons (Fsp3) is 0.875. The monoisotopic (exact) mass is 291 g/mol. The van der Waals surface area contributed by atoms with Crippen LogP contribution >= 0.6 is 0 Å². The summed E-state index contributed by atoms with van der Waals surface area (Å²) >= 11 is 0. The molecule has 4 heterocycles. The van der Waals surface area contributed by atoms with Crippen LogP contribution in [0, 0.1) is 0 Å². The first-order valence-corrected chi connectivity index (χ1v) is 8.60. The van der Waals surface area contributed by atoms with Crippen LogP contribution in [0.2, 0.25) is 0 Å². The Morgan fingerprint density at radius 1 is 0.762 bits per heavy atom. The lowest BCUT2D eigenvalue weighted by molar-refractivity contribution is -0.141. The van der Waals surface area contributed by atoms with Crippen molar-refractivity contribution in [2.75, 3.05) is 26.2 Å². The zero-order chi connectivity index (χ0) is 14.4. The quantitative estimate of drug-likeness (QED) is 0.719. The van der Waals surface area contributed by atoms with Gasteiger partial charge in [-0.15, -0.1) is 0 Å². The fourth-order valence-corrected chi connectivity index (χ4v) is 4.90. The van der Waals surface area contributed by atoms with Crippen molar-refractivity contribution in [3.8, 4) is 0 Å². The molecule has 0 spiro atoms. The molecule has 0 N–H and O–H groups in total. The molecule has 0 aromatic carbocycles. The number of nitrogens with zero attached hydrogens (tertiary/aromatic N) is 3. The standard InChI is InChI=1S/C16H25N3O2/c20-15-7-11-19(16(21)14-5-3-9-18(14)15)13-6-10-17-8-2-1-4-12(13)17/h12-14H,1-11H2. The average molecular weight is 291 g/mol. The van der Waals surface area contributed by atoms with Gasteiger partial charge in [0.25, 0.3) is 0 Å². The number of fused-ring (bicyclic) bond motifs is 2. The third-order valence-electron chi connectivity index (χ3n) is 5.93. The molecule has 4 aliphatic rings. The van der Waals surface area contributed by atoms with Crippen LogP contribution in [0.5, 0.6) is 0 Å². The molecule has 0 aliphatic carbocycles. The molecule has 0 aromatic heterocycles. The average Bonchev–Trinajstić information content (AvgIpc) is 3.12. The third kappa shape index (κ3) is 2.17. The van der Waals surface area contributed by atoms with Crippen molar-refractivity contribution in [2.24, 2.45) is 0 Å². The number of carbonyl (C=O) groups excluding carboxylic acids is 2. The van der Waals surface area contributed by atoms with Gasteiger partial charge in [-0.1, -0.05) is 6.42 Å². The molecule has 116 valence electrons. The zero-order valence-corrected chi connectivity index (χ0v) is 12.7. The van der Waals surface area contributed by atoms with E-state index in [9.17, 15) is 9.59 Å². The second-order valence-electron chi connectivity index (χ2n) is 6.98. The summed E-state index contributed by atoms with van der Waals surface area (Å²) < 4.78 is 0. The summed E-state index contributed by atoms with van der Waals surface area (Å²) in [6.45, 7) is 3.74. The lowest BCUT2D eigenvalue weighted by Crippen LogP contribution is -2.52. The van der Waals surface area contributed by atoms with E-state index in [0.29, 0.717) is 25.0 Å². The first kappa shape index (κ1) is 13.6. The van der Waals surface area contributed by atoms with E-state index in [1.807, 2.05) is 4.90 Å². The molecule has 0 radical (unpaired) electrons. The van der Waals surface area contributed by atoms with Gasteiger partial charge >= 0.3 is 0 Å². The second-order valence-corrected chi connectivity index (χ2v) is 6.98. The number of carbonyl (C=O) groups is 2. The van der Waals surface area contributed by atoms with E-state index in [4.69, 9.17) is 0 Å². The van der Waals surface area contributed by atoms with E-state index in [-0.39, 0.29) is 17.9 Å². The van der Waals surface area contributed by atoms with Crippen LogP contribution in [0.15, 0.2) is 0 Å². The lowest BCUT2D eigenvalue weighted by Gasteiger charge is -2.38. The van der Waals surface area contributed by atoms with Gasteiger partial charge < -0.3 is 9.80 Å². The molecule has 5 heteroatoms. The van der Waals surface area contributed by atoms with Crippen LogP contribution in [0.4, 0.5) is 0 Å². The molecule has 4 aliphatic heterocycles. The zero-order valence-electron chi connectivity index (χ0n) is 12.7. The van der Waals surface area contributed by atoms with Crippen LogP contribution in [0.1, 0.15) is 44.9 Å². The Morgan fingerprint density at radius 3 is 2.57 bits per heavy atom. The Kier molecular flexibility index (Phi) is 3.40. The van der Waals surface area contributed by atoms with Gasteiger partial charge in [-0.05, 0) is 38.6 Å². The van der Waals surface area contributed by atoms with Crippen molar-refractivity contribution in [1.29, 1.82) is 0 Å². The SMILES string of the molecule is O=C1CCN(C2CCN3CCCCC23)C(=O)C2CCCN12. The molecular weight excluding hydrogens is 266 g/mol. The van der Waals surface area contributed by atoms with Crippen molar-refractivity contribution >= 4 is 11.8 Å². The largest absolute Gasteiger partial charge is 0.336 e. The normalized spacial score (nSPS) is 37.6. The maximum Gasteiger partial charge on any atom is 0.245 e. The molecule has 4 fully saturated rings. The van der Waals surface area contributed by atoms with E-state index in [0.717, 1.165) is 32.4 Å². The highest BCUT2D eigenvalue weighted by atomic mass is 16.2. The third-order valence-corrected chi connectivity index (χ3v) is 5.93. The highest BCUT2D eigenvalue weighted by Gasteiger charge is 2.46. The fourth-order valence-electron chi connectivity index (χ4n) is 4.90. The van der Waals surface area contributed by atoms with E-state index in [1.54, 1.807) is 0 Å². The number of hydrogen-bond acceptors (Lipinski definition) is 3. The number of piperidine rings is 1. The molecule has 21 heavy (non-hydrogen) atoms. The summed E-state index contributed by atoms with van der Waals surface area (Å²) in [5.74, 6) is 0.419. The topological polar surface area (TPSA) is 43.9 Å². The van der Waals surface area contributed by atoms with Gasteiger partial charge in [0.2, 0.25) is 11.8 Å². The van der Waals surface area contributed by atoms with Crippen molar-refractivity contribution < 1.29 is 9.59 Å². The second kappa shape index (κ2) is 5.27. The van der Waals surface area contributed by atoms with Gasteiger partial charge in [-0.3, -0.25) is 14.5 Å². The molecule has 5 nitrogen and oxygen atoms in total. The van der Waals surface area contributed by atoms with Gasteiger partial charge in [0.1, 0.15) is 6.04 Å². The first-order chi connectivity index (χ1) is 10.3. The minimum absolute atomic E-state index is 0.155. The van der Waals surface area contributed by atoms with Gasteiger partial charge in [0, 0.05) is 38.1 Å². The van der Waals surface area contributed by atoms with Gasteiger partial charge in [0.15, 0.2) is 0 Å². The van der Waals surface area contributed by atoms with Gasteiger partial charge in [-0.2, -0.15) is 0 Å². The van der Waals surface area contributed by atoms with Crippen molar-refractivity contribution in [3.63, 3.8) is 0 Å². The summed E-state index contributed by atoms with van der Waals surface area (Å²) in [6, 6.07) is 0.745. The Hall–Kier alpha value is -1.10. The van der Waals surface area contributed by atoms with Crippen LogP contribution in [-0.4, -0.2) is 70.8 Å². The maximum atomic E-state index is 12.9.